The monoisotopic (exact) mass is 234 g/mol. The zero-order chi connectivity index (χ0) is 12.5. The number of hydrogen-bond donors (Lipinski definition) is 1. The van der Waals surface area contributed by atoms with Crippen LogP contribution in [0.15, 0.2) is 24.3 Å². The van der Waals surface area contributed by atoms with Crippen molar-refractivity contribution in [2.24, 2.45) is 0 Å². The molecule has 0 amide bonds. The molecule has 1 aromatic carbocycles. The zero-order valence-electron chi connectivity index (χ0n) is 10.8. The Morgan fingerprint density at radius 2 is 2.12 bits per heavy atom. The van der Waals surface area contributed by atoms with Crippen LogP contribution >= 0.6 is 0 Å². The molecule has 0 unspecified atom stereocenters. The fraction of sp³-hybridized carbons (Fsp3) is 0.467. The van der Waals surface area contributed by atoms with Crippen LogP contribution in [0.4, 0.5) is 0 Å². The van der Waals surface area contributed by atoms with E-state index in [1.54, 1.807) is 0 Å². The number of aryl methyl sites for hydroxylation is 1. The quantitative estimate of drug-likeness (QED) is 0.732. The molecule has 0 fully saturated rings. The molecule has 0 radical (unpaired) electrons. The van der Waals surface area contributed by atoms with Crippen molar-refractivity contribution in [3.63, 3.8) is 0 Å². The van der Waals surface area contributed by atoms with Crippen molar-refractivity contribution in [1.29, 1.82) is 0 Å². The predicted octanol–water partition coefficient (Wildman–Crippen LogP) is 3.43. The Morgan fingerprint density at radius 1 is 1.29 bits per heavy atom. The van der Waals surface area contributed by atoms with E-state index in [0.717, 1.165) is 25.0 Å². The van der Waals surface area contributed by atoms with Crippen LogP contribution in [0, 0.1) is 0 Å². The van der Waals surface area contributed by atoms with E-state index in [4.69, 9.17) is 9.84 Å². The van der Waals surface area contributed by atoms with Gasteiger partial charge in [0.25, 0.3) is 0 Å². The first-order valence-corrected chi connectivity index (χ1v) is 6.31. The van der Waals surface area contributed by atoms with Gasteiger partial charge < -0.3 is 9.84 Å². The topological polar surface area (TPSA) is 29.5 Å². The van der Waals surface area contributed by atoms with Crippen LogP contribution in [0.1, 0.15) is 37.8 Å². The minimum Gasteiger partial charge on any atom is -0.494 e. The Hall–Kier alpha value is -1.28. The summed E-state index contributed by atoms with van der Waals surface area (Å²) < 4.78 is 5.61. The number of aliphatic hydroxyl groups excluding tert-OH is 1. The molecular formula is C15H22O2. The lowest BCUT2D eigenvalue weighted by atomic mass is 10.0. The van der Waals surface area contributed by atoms with Gasteiger partial charge in [-0.25, -0.2) is 0 Å². The van der Waals surface area contributed by atoms with Crippen molar-refractivity contribution >= 4 is 6.08 Å². The van der Waals surface area contributed by atoms with Crippen LogP contribution in [-0.4, -0.2) is 18.3 Å². The first-order chi connectivity index (χ1) is 8.31. The van der Waals surface area contributed by atoms with Crippen molar-refractivity contribution in [1.82, 2.24) is 0 Å². The summed E-state index contributed by atoms with van der Waals surface area (Å²) in [5.41, 5.74) is 2.44. The molecule has 0 bridgehead atoms. The lowest BCUT2D eigenvalue weighted by molar-refractivity contribution is 0.284. The first-order valence-electron chi connectivity index (χ1n) is 6.31. The smallest absolute Gasteiger partial charge is 0.122 e. The molecule has 0 aromatic heterocycles. The lowest BCUT2D eigenvalue weighted by Gasteiger charge is -2.11. The van der Waals surface area contributed by atoms with Gasteiger partial charge in [-0.2, -0.15) is 0 Å². The SMILES string of the molecule is C/C=C\c1ccc(OCC)c(CCCCO)c1. The van der Waals surface area contributed by atoms with Crippen molar-refractivity contribution in [2.75, 3.05) is 13.2 Å². The third-order valence-corrected chi connectivity index (χ3v) is 2.60. The number of hydrogen-bond acceptors (Lipinski definition) is 2. The molecule has 17 heavy (non-hydrogen) atoms. The van der Waals surface area contributed by atoms with Gasteiger partial charge in [-0.15, -0.1) is 0 Å². The van der Waals surface area contributed by atoms with Crippen molar-refractivity contribution < 1.29 is 9.84 Å². The second-order valence-corrected chi connectivity index (χ2v) is 3.98. The van der Waals surface area contributed by atoms with Gasteiger partial charge in [-0.3, -0.25) is 0 Å². The molecule has 0 saturated carbocycles. The fourth-order valence-corrected chi connectivity index (χ4v) is 1.81. The maximum atomic E-state index is 8.81. The maximum Gasteiger partial charge on any atom is 0.122 e. The van der Waals surface area contributed by atoms with Crippen molar-refractivity contribution in [3.05, 3.63) is 35.4 Å². The summed E-state index contributed by atoms with van der Waals surface area (Å²) in [4.78, 5) is 0. The Kier molecular flexibility index (Phi) is 6.41. The van der Waals surface area contributed by atoms with E-state index >= 15 is 0 Å². The molecule has 0 aliphatic rings. The summed E-state index contributed by atoms with van der Waals surface area (Å²) in [5, 5.41) is 8.81. The molecule has 1 rings (SSSR count). The number of benzene rings is 1. The molecule has 0 aliphatic carbocycles. The standard InChI is InChI=1S/C15H22O2/c1-3-7-13-9-10-15(17-4-2)14(12-13)8-5-6-11-16/h3,7,9-10,12,16H,4-6,8,11H2,1-2H3/b7-3-. The second-order valence-electron chi connectivity index (χ2n) is 3.98. The van der Waals surface area contributed by atoms with Crippen LogP contribution in [0.5, 0.6) is 5.75 Å². The lowest BCUT2D eigenvalue weighted by Crippen LogP contribution is -1.98. The van der Waals surface area contributed by atoms with E-state index < -0.39 is 0 Å². The van der Waals surface area contributed by atoms with E-state index in [-0.39, 0.29) is 6.61 Å². The molecule has 1 aromatic rings. The molecule has 94 valence electrons. The second kappa shape index (κ2) is 7.91. The summed E-state index contributed by atoms with van der Waals surface area (Å²) in [6.45, 7) is 4.97. The van der Waals surface area contributed by atoms with Gasteiger partial charge in [0.2, 0.25) is 0 Å². The molecular weight excluding hydrogens is 212 g/mol. The molecule has 2 nitrogen and oxygen atoms in total. The van der Waals surface area contributed by atoms with Gasteiger partial charge in [0, 0.05) is 6.61 Å². The fourth-order valence-electron chi connectivity index (χ4n) is 1.81. The minimum absolute atomic E-state index is 0.262. The summed E-state index contributed by atoms with van der Waals surface area (Å²) in [7, 11) is 0. The number of rotatable bonds is 7. The highest BCUT2D eigenvalue weighted by Gasteiger charge is 2.04. The Labute approximate surface area is 104 Å². The van der Waals surface area contributed by atoms with Crippen LogP contribution in [0.2, 0.25) is 0 Å². The zero-order valence-corrected chi connectivity index (χ0v) is 10.8. The number of aliphatic hydroxyl groups is 1. The Balaban J connectivity index is 2.82. The van der Waals surface area contributed by atoms with E-state index in [1.165, 1.54) is 11.1 Å². The number of unbranched alkanes of at least 4 members (excludes halogenated alkanes) is 1. The van der Waals surface area contributed by atoms with Gasteiger partial charge in [-0.05, 0) is 56.4 Å². The van der Waals surface area contributed by atoms with Gasteiger partial charge >= 0.3 is 0 Å². The highest BCUT2D eigenvalue weighted by Crippen LogP contribution is 2.23. The molecule has 0 saturated heterocycles. The average Bonchev–Trinajstić information content (AvgIpc) is 2.33. The van der Waals surface area contributed by atoms with Crippen LogP contribution in [-0.2, 0) is 6.42 Å². The average molecular weight is 234 g/mol. The Morgan fingerprint density at radius 3 is 2.76 bits per heavy atom. The van der Waals surface area contributed by atoms with E-state index in [0.29, 0.717) is 6.61 Å². The summed E-state index contributed by atoms with van der Waals surface area (Å²) in [6, 6.07) is 6.27. The number of allylic oxidation sites excluding steroid dienone is 1. The van der Waals surface area contributed by atoms with Gasteiger partial charge in [-0.1, -0.05) is 18.2 Å². The third-order valence-electron chi connectivity index (χ3n) is 2.60. The molecule has 0 atom stereocenters. The summed E-state index contributed by atoms with van der Waals surface area (Å²) in [5.74, 6) is 0.971. The van der Waals surface area contributed by atoms with Crippen molar-refractivity contribution in [2.45, 2.75) is 33.1 Å². The molecule has 0 heterocycles. The molecule has 0 aliphatic heterocycles. The minimum atomic E-state index is 0.262. The number of ether oxygens (including phenoxy) is 1. The molecule has 0 spiro atoms. The largest absolute Gasteiger partial charge is 0.494 e. The molecule has 1 N–H and O–H groups in total. The normalized spacial score (nSPS) is 11.0. The van der Waals surface area contributed by atoms with Crippen LogP contribution in [0.25, 0.3) is 6.08 Å². The summed E-state index contributed by atoms with van der Waals surface area (Å²) >= 11 is 0. The van der Waals surface area contributed by atoms with Crippen LogP contribution in [0.3, 0.4) is 0 Å². The molecule has 2 heteroatoms. The summed E-state index contributed by atoms with van der Waals surface area (Å²) in [6.07, 6.45) is 6.93. The highest BCUT2D eigenvalue weighted by molar-refractivity contribution is 5.53. The van der Waals surface area contributed by atoms with E-state index in [9.17, 15) is 0 Å². The third kappa shape index (κ3) is 4.61. The van der Waals surface area contributed by atoms with E-state index in [2.05, 4.69) is 18.2 Å². The Bertz CT molecular complexity index is 356. The van der Waals surface area contributed by atoms with Gasteiger partial charge in [0.05, 0.1) is 6.61 Å². The van der Waals surface area contributed by atoms with E-state index in [1.807, 2.05) is 26.0 Å². The van der Waals surface area contributed by atoms with Gasteiger partial charge in [0.15, 0.2) is 0 Å². The first kappa shape index (κ1) is 13.8. The predicted molar refractivity (Wildman–Crippen MR) is 72.3 cm³/mol. The highest BCUT2D eigenvalue weighted by atomic mass is 16.5. The van der Waals surface area contributed by atoms with Gasteiger partial charge in [0.1, 0.15) is 5.75 Å². The van der Waals surface area contributed by atoms with Crippen molar-refractivity contribution in [3.8, 4) is 5.75 Å². The van der Waals surface area contributed by atoms with Crippen LogP contribution < -0.4 is 4.74 Å². The maximum absolute atomic E-state index is 8.81.